The molecule has 2 nitrogen and oxygen atoms in total. The molecule has 0 amide bonds. The van der Waals surface area contributed by atoms with E-state index in [9.17, 15) is 9.60 Å². The van der Waals surface area contributed by atoms with Gasteiger partial charge in [-0.05, 0) is 42.0 Å². The Labute approximate surface area is 88.8 Å². The summed E-state index contributed by atoms with van der Waals surface area (Å²) in [6.45, 7) is 0. The first kappa shape index (κ1) is 9.36. The lowest BCUT2D eigenvalue weighted by Crippen LogP contribution is -1.88. The molecule has 0 fully saturated rings. The minimum Gasteiger partial charge on any atom is -0.804 e. The van der Waals surface area contributed by atoms with Crippen LogP contribution in [0.1, 0.15) is 0 Å². The fourth-order valence-electron chi connectivity index (χ4n) is 1.11. The fraction of sp³-hybridized carbons (Fsp3) is 0. The number of hydrogen-bond donors (Lipinski definition) is 0. The van der Waals surface area contributed by atoms with E-state index >= 15 is 0 Å². The van der Waals surface area contributed by atoms with Gasteiger partial charge in [0.1, 0.15) is 5.82 Å². The maximum Gasteiger partial charge on any atom is 0.156 e. The van der Waals surface area contributed by atoms with Crippen molar-refractivity contribution in [3.05, 3.63) is 44.6 Å². The molecule has 0 saturated carbocycles. The monoisotopic (exact) mass is 226 g/mol. The number of halogens is 1. The van der Waals surface area contributed by atoms with Gasteiger partial charge in [-0.2, -0.15) is 0 Å². The minimum atomic E-state index is -0.319. The average Bonchev–Trinajstić information content (AvgIpc) is 2.50. The molecule has 0 unspecified atom stereocenters. The van der Waals surface area contributed by atoms with Crippen molar-refractivity contribution in [1.29, 1.82) is 0 Å². The summed E-state index contributed by atoms with van der Waals surface area (Å²) in [5.41, 5.74) is 1.15. The van der Waals surface area contributed by atoms with E-state index in [2.05, 4.69) is 0 Å². The largest absolute Gasteiger partial charge is 0.804 e. The van der Waals surface area contributed by atoms with Crippen LogP contribution >= 0.6 is 23.6 Å². The molecule has 0 aliphatic rings. The van der Waals surface area contributed by atoms with Crippen LogP contribution in [0.25, 0.3) is 11.3 Å². The van der Waals surface area contributed by atoms with Crippen LogP contribution in [0.2, 0.25) is 0 Å². The lowest BCUT2D eigenvalue weighted by Gasteiger charge is -2.10. The highest BCUT2D eigenvalue weighted by Crippen LogP contribution is 2.23. The first-order valence-corrected chi connectivity index (χ1v) is 5.11. The predicted octanol–water partition coefficient (Wildman–Crippen LogP) is 3.43. The lowest BCUT2D eigenvalue weighted by molar-refractivity contribution is 0.628. The Morgan fingerprint density at radius 1 is 1.29 bits per heavy atom. The Bertz CT molecular complexity index is 500. The van der Waals surface area contributed by atoms with Gasteiger partial charge in [0, 0.05) is 5.38 Å². The van der Waals surface area contributed by atoms with E-state index in [1.807, 2.05) is 0 Å². The number of benzene rings is 1. The average molecular weight is 226 g/mol. The van der Waals surface area contributed by atoms with Crippen LogP contribution in [0.5, 0.6) is 0 Å². The first-order chi connectivity index (χ1) is 6.68. The van der Waals surface area contributed by atoms with Gasteiger partial charge in [-0.3, -0.25) is 0 Å². The third kappa shape index (κ3) is 1.56. The van der Waals surface area contributed by atoms with Gasteiger partial charge in [-0.15, -0.1) is 11.3 Å². The van der Waals surface area contributed by atoms with Gasteiger partial charge in [-0.1, -0.05) is 0 Å². The predicted molar refractivity (Wildman–Crippen MR) is 57.3 cm³/mol. The molecular weight excluding hydrogens is 221 g/mol. The molecule has 14 heavy (non-hydrogen) atoms. The third-order valence-electron chi connectivity index (χ3n) is 1.80. The maximum atomic E-state index is 12.6. The summed E-state index contributed by atoms with van der Waals surface area (Å²) in [5.74, 6) is -0.319. The zero-order chi connectivity index (χ0) is 10.1. The van der Waals surface area contributed by atoms with Crippen molar-refractivity contribution in [3.8, 4) is 11.3 Å². The van der Waals surface area contributed by atoms with E-state index in [1.165, 1.54) is 23.5 Å². The molecule has 0 aliphatic heterocycles. The van der Waals surface area contributed by atoms with Crippen LogP contribution < -0.4 is 0 Å². The topological polar surface area (TPSA) is 28.0 Å². The van der Waals surface area contributed by atoms with Crippen molar-refractivity contribution in [2.45, 2.75) is 0 Å². The molecule has 0 aliphatic carbocycles. The zero-order valence-corrected chi connectivity index (χ0v) is 8.57. The zero-order valence-electron chi connectivity index (χ0n) is 6.94. The van der Waals surface area contributed by atoms with Gasteiger partial charge in [0.25, 0.3) is 0 Å². The molecule has 1 aromatic heterocycles. The van der Waals surface area contributed by atoms with Gasteiger partial charge in [-0.25, -0.2) is 4.39 Å². The molecule has 1 heterocycles. The molecule has 72 valence electrons. The molecular formula is C9H5FNOS2-. The second-order valence-corrected chi connectivity index (χ2v) is 4.19. The molecule has 2 rings (SSSR count). The van der Waals surface area contributed by atoms with Crippen molar-refractivity contribution in [2.24, 2.45) is 0 Å². The Kier molecular flexibility index (Phi) is 2.35. The number of aromatic nitrogens is 1. The molecule has 2 aromatic rings. The van der Waals surface area contributed by atoms with E-state index in [1.54, 1.807) is 17.5 Å². The van der Waals surface area contributed by atoms with E-state index in [0.29, 0.717) is 16.0 Å². The van der Waals surface area contributed by atoms with E-state index in [4.69, 9.17) is 12.2 Å². The van der Waals surface area contributed by atoms with Crippen LogP contribution in [0.3, 0.4) is 0 Å². The van der Waals surface area contributed by atoms with E-state index in [0.717, 1.165) is 0 Å². The molecule has 5 heteroatoms. The highest BCUT2D eigenvalue weighted by Gasteiger charge is 2.00. The second-order valence-electron chi connectivity index (χ2n) is 2.69. The SMILES string of the molecule is [O-]n1c(-c2ccc(F)cc2)csc1=S. The Balaban J connectivity index is 2.55. The molecule has 1 aromatic carbocycles. The quantitative estimate of drug-likeness (QED) is 0.697. The summed E-state index contributed by atoms with van der Waals surface area (Å²) in [7, 11) is 0. The molecule has 0 saturated heterocycles. The highest BCUT2D eigenvalue weighted by atomic mass is 32.1. The van der Waals surface area contributed by atoms with Gasteiger partial charge in [0.2, 0.25) is 0 Å². The normalized spacial score (nSPS) is 10.4. The summed E-state index contributed by atoms with van der Waals surface area (Å²) in [6, 6.07) is 5.74. The van der Waals surface area contributed by atoms with Gasteiger partial charge in [0.05, 0.1) is 5.69 Å². The Hall–Kier alpha value is -1.20. The molecule has 0 radical (unpaired) electrons. The maximum absolute atomic E-state index is 12.6. The van der Waals surface area contributed by atoms with Crippen LogP contribution in [-0.4, -0.2) is 4.73 Å². The minimum absolute atomic E-state index is 0.268. The van der Waals surface area contributed by atoms with Crippen LogP contribution in [0.15, 0.2) is 29.6 Å². The van der Waals surface area contributed by atoms with Crippen LogP contribution in [0.4, 0.5) is 4.39 Å². The van der Waals surface area contributed by atoms with Gasteiger partial charge in [0.15, 0.2) is 3.95 Å². The third-order valence-corrected chi connectivity index (χ3v) is 2.96. The van der Waals surface area contributed by atoms with Gasteiger partial charge >= 0.3 is 0 Å². The molecule has 0 spiro atoms. The molecule has 0 atom stereocenters. The van der Waals surface area contributed by atoms with Crippen molar-refractivity contribution < 1.29 is 4.39 Å². The van der Waals surface area contributed by atoms with Gasteiger partial charge < -0.3 is 9.94 Å². The summed E-state index contributed by atoms with van der Waals surface area (Å²) < 4.78 is 13.5. The smallest absolute Gasteiger partial charge is 0.156 e. The number of thiazole rings is 1. The Morgan fingerprint density at radius 2 is 1.93 bits per heavy atom. The van der Waals surface area contributed by atoms with E-state index in [-0.39, 0.29) is 9.77 Å². The molecule has 0 bridgehead atoms. The Morgan fingerprint density at radius 3 is 2.43 bits per heavy atom. The first-order valence-electron chi connectivity index (χ1n) is 3.82. The fourth-order valence-corrected chi connectivity index (χ4v) is 1.99. The van der Waals surface area contributed by atoms with Crippen molar-refractivity contribution in [3.63, 3.8) is 0 Å². The number of rotatable bonds is 1. The number of hydrogen-bond acceptors (Lipinski definition) is 3. The summed E-state index contributed by atoms with van der Waals surface area (Å²) in [5, 5.41) is 13.1. The van der Waals surface area contributed by atoms with Crippen molar-refractivity contribution in [2.75, 3.05) is 0 Å². The summed E-state index contributed by atoms with van der Waals surface area (Å²) >= 11 is 6.00. The summed E-state index contributed by atoms with van der Waals surface area (Å²) in [4.78, 5) is 0. The van der Waals surface area contributed by atoms with Crippen LogP contribution in [-0.2, 0) is 0 Å². The molecule has 0 N–H and O–H groups in total. The van der Waals surface area contributed by atoms with E-state index < -0.39 is 0 Å². The lowest BCUT2D eigenvalue weighted by atomic mass is 10.2. The van der Waals surface area contributed by atoms with Crippen LogP contribution in [0, 0.1) is 15.0 Å². The second kappa shape index (κ2) is 3.51. The van der Waals surface area contributed by atoms with Crippen molar-refractivity contribution in [1.82, 2.24) is 4.73 Å². The number of nitrogens with zero attached hydrogens (tertiary/aromatic N) is 1. The standard InChI is InChI=1S/C9H5FNOS2/c10-7-3-1-6(2-4-7)8-5-14-9(13)11(8)12/h1-5H/q-1. The summed E-state index contributed by atoms with van der Waals surface area (Å²) in [6.07, 6.45) is 0. The van der Waals surface area contributed by atoms with Crippen molar-refractivity contribution >= 4 is 23.6 Å². The highest BCUT2D eigenvalue weighted by molar-refractivity contribution is 7.73.